The van der Waals surface area contributed by atoms with E-state index < -0.39 is 0 Å². The molecule has 4 aliphatic carbocycles. The van der Waals surface area contributed by atoms with Gasteiger partial charge in [0, 0.05) is 11.8 Å². The highest BCUT2D eigenvalue weighted by Gasteiger charge is 2.57. The van der Waals surface area contributed by atoms with E-state index in [9.17, 15) is 14.4 Å². The Morgan fingerprint density at radius 3 is 2.71 bits per heavy atom. The molecular formula is C27H36O4. The van der Waals surface area contributed by atoms with Crippen molar-refractivity contribution >= 4 is 18.0 Å². The van der Waals surface area contributed by atoms with Crippen LogP contribution in [0.25, 0.3) is 0 Å². The van der Waals surface area contributed by atoms with Crippen LogP contribution in [0.15, 0.2) is 35.1 Å². The number of carbonyl (C=O) groups excluding carboxylic acids is 3. The monoisotopic (exact) mass is 424 g/mol. The lowest BCUT2D eigenvalue weighted by molar-refractivity contribution is -0.141. The fraction of sp³-hybridized carbons (Fsp3) is 0.667. The maximum Gasteiger partial charge on any atom is 0.311 e. The molecule has 4 rings (SSSR count). The highest BCUT2D eigenvalue weighted by Crippen LogP contribution is 2.66. The number of carbonyl (C=O) groups is 3. The number of esters is 1. The predicted molar refractivity (Wildman–Crippen MR) is 120 cm³/mol. The third-order valence-electron chi connectivity index (χ3n) is 8.95. The Labute approximate surface area is 186 Å². The highest BCUT2D eigenvalue weighted by atomic mass is 16.5. The highest BCUT2D eigenvalue weighted by molar-refractivity contribution is 6.01. The Morgan fingerprint density at radius 1 is 1.16 bits per heavy atom. The molecule has 0 radical (unpaired) electrons. The quantitative estimate of drug-likeness (QED) is 0.176. The second kappa shape index (κ2) is 8.52. The molecule has 4 aliphatic rings. The first-order valence-electron chi connectivity index (χ1n) is 12.2. The van der Waals surface area contributed by atoms with Gasteiger partial charge in [0.05, 0.1) is 0 Å². The summed E-state index contributed by atoms with van der Waals surface area (Å²) in [5.41, 5.74) is 2.26. The molecule has 4 nitrogen and oxygen atoms in total. The normalized spacial score (nSPS) is 38.0. The summed E-state index contributed by atoms with van der Waals surface area (Å²) in [7, 11) is 0. The number of hydrogen-bond donors (Lipinski definition) is 0. The molecular weight excluding hydrogens is 388 g/mol. The zero-order valence-corrected chi connectivity index (χ0v) is 19.2. The van der Waals surface area contributed by atoms with Crippen LogP contribution in [0.1, 0.15) is 85.0 Å². The molecule has 0 N–H and O–H groups in total. The van der Waals surface area contributed by atoms with Crippen LogP contribution < -0.4 is 0 Å². The van der Waals surface area contributed by atoms with Gasteiger partial charge in [-0.25, -0.2) is 0 Å². The molecule has 0 saturated heterocycles. The van der Waals surface area contributed by atoms with E-state index in [0.717, 1.165) is 69.6 Å². The summed E-state index contributed by atoms with van der Waals surface area (Å²) in [6, 6.07) is 0. The van der Waals surface area contributed by atoms with Crippen molar-refractivity contribution in [3.8, 4) is 0 Å². The molecule has 0 aromatic heterocycles. The Morgan fingerprint density at radius 2 is 1.97 bits per heavy atom. The lowest BCUT2D eigenvalue weighted by Crippen LogP contribution is -2.48. The third kappa shape index (κ3) is 3.76. The average Bonchev–Trinajstić information content (AvgIpc) is 3.10. The first kappa shape index (κ1) is 22.2. The van der Waals surface area contributed by atoms with E-state index in [1.807, 2.05) is 6.08 Å². The standard InChI is InChI=1S/C27H36O4/c1-4-5-6-7-25(30)31-24(17-28)23-11-10-21-20-9-8-18-16-19(29)12-14-26(18,2)22(20)13-15-27(21,23)3/h12,14,16-17,20-22H,4-11,13,15H2,1-3H3/b24-23-/t20-,21-,22-,26-,27-/m0/s1. The van der Waals surface area contributed by atoms with Gasteiger partial charge in [-0.15, -0.1) is 0 Å². The zero-order valence-electron chi connectivity index (χ0n) is 19.2. The number of hydrogen-bond acceptors (Lipinski definition) is 4. The maximum absolute atomic E-state index is 12.3. The summed E-state index contributed by atoms with van der Waals surface area (Å²) < 4.78 is 5.61. The summed E-state index contributed by atoms with van der Waals surface area (Å²) in [6.07, 6.45) is 15.8. The van der Waals surface area contributed by atoms with Crippen molar-refractivity contribution in [3.05, 3.63) is 35.1 Å². The molecule has 0 unspecified atom stereocenters. The summed E-state index contributed by atoms with van der Waals surface area (Å²) in [4.78, 5) is 36.2. The number of aldehydes is 1. The minimum Gasteiger partial charge on any atom is -0.423 e. The van der Waals surface area contributed by atoms with Crippen molar-refractivity contribution < 1.29 is 19.1 Å². The van der Waals surface area contributed by atoms with Gasteiger partial charge >= 0.3 is 5.97 Å². The van der Waals surface area contributed by atoms with Gasteiger partial charge in [-0.1, -0.05) is 45.3 Å². The summed E-state index contributed by atoms with van der Waals surface area (Å²) in [5.74, 6) is 1.74. The fourth-order valence-electron chi connectivity index (χ4n) is 7.26. The number of ketones is 1. The van der Waals surface area contributed by atoms with Gasteiger partial charge in [0.25, 0.3) is 0 Å². The van der Waals surface area contributed by atoms with E-state index in [1.54, 1.807) is 6.08 Å². The lowest BCUT2D eigenvalue weighted by atomic mass is 9.48. The fourth-order valence-corrected chi connectivity index (χ4v) is 7.26. The largest absolute Gasteiger partial charge is 0.423 e. The first-order valence-corrected chi connectivity index (χ1v) is 12.2. The molecule has 0 bridgehead atoms. The lowest BCUT2D eigenvalue weighted by Gasteiger charge is -2.56. The van der Waals surface area contributed by atoms with Crippen LogP contribution in [-0.4, -0.2) is 18.0 Å². The predicted octanol–water partition coefficient (Wildman–Crippen LogP) is 5.87. The van der Waals surface area contributed by atoms with Gasteiger partial charge in [-0.05, 0) is 85.8 Å². The van der Waals surface area contributed by atoms with Crippen LogP contribution in [0.3, 0.4) is 0 Å². The number of allylic oxidation sites excluding steroid dienone is 6. The summed E-state index contributed by atoms with van der Waals surface area (Å²) in [5, 5.41) is 0. The molecule has 3 fully saturated rings. The molecule has 31 heavy (non-hydrogen) atoms. The van der Waals surface area contributed by atoms with Crippen LogP contribution in [0.4, 0.5) is 0 Å². The number of rotatable bonds is 6. The topological polar surface area (TPSA) is 60.4 Å². The van der Waals surface area contributed by atoms with Crippen molar-refractivity contribution in [1.29, 1.82) is 0 Å². The summed E-state index contributed by atoms with van der Waals surface area (Å²) >= 11 is 0. The Bertz CT molecular complexity index is 862. The number of fused-ring (bicyclic) bond motifs is 5. The molecule has 168 valence electrons. The van der Waals surface area contributed by atoms with Gasteiger partial charge in [0.1, 0.15) is 0 Å². The smallest absolute Gasteiger partial charge is 0.311 e. The maximum atomic E-state index is 12.3. The molecule has 0 aliphatic heterocycles. The number of ether oxygens (including phenoxy) is 1. The van der Waals surface area contributed by atoms with E-state index >= 15 is 0 Å². The van der Waals surface area contributed by atoms with E-state index in [2.05, 4.69) is 26.8 Å². The minimum absolute atomic E-state index is 0.0240. The second-order valence-corrected chi connectivity index (χ2v) is 10.5. The zero-order chi connectivity index (χ0) is 22.2. The van der Waals surface area contributed by atoms with E-state index in [-0.39, 0.29) is 28.3 Å². The van der Waals surface area contributed by atoms with Crippen molar-refractivity contribution in [1.82, 2.24) is 0 Å². The van der Waals surface area contributed by atoms with Gasteiger partial charge < -0.3 is 4.74 Å². The van der Waals surface area contributed by atoms with Crippen molar-refractivity contribution in [3.63, 3.8) is 0 Å². The van der Waals surface area contributed by atoms with Crippen LogP contribution in [0, 0.1) is 28.6 Å². The van der Waals surface area contributed by atoms with Crippen molar-refractivity contribution in [2.24, 2.45) is 28.6 Å². The van der Waals surface area contributed by atoms with Gasteiger partial charge in [-0.2, -0.15) is 0 Å². The first-order chi connectivity index (χ1) is 14.8. The summed E-state index contributed by atoms with van der Waals surface area (Å²) in [6.45, 7) is 6.70. The Kier molecular flexibility index (Phi) is 6.11. The van der Waals surface area contributed by atoms with Crippen LogP contribution in [0.2, 0.25) is 0 Å². The number of unbranched alkanes of at least 4 members (excludes halogenated alkanes) is 2. The average molecular weight is 425 g/mol. The van der Waals surface area contributed by atoms with Gasteiger partial charge in [0.2, 0.25) is 0 Å². The van der Waals surface area contributed by atoms with E-state index in [1.165, 1.54) is 5.57 Å². The molecule has 0 heterocycles. The third-order valence-corrected chi connectivity index (χ3v) is 8.95. The molecule has 0 aromatic carbocycles. The second-order valence-electron chi connectivity index (χ2n) is 10.5. The SMILES string of the molecule is CCCCCC(=O)O/C(C=O)=C1/CC[C@H]2[C@@H]3CCC4=CC(=O)C=C[C@]4(C)[C@H]3CC[C@]12C. The Balaban J connectivity index is 1.56. The van der Waals surface area contributed by atoms with Gasteiger partial charge in [0.15, 0.2) is 17.8 Å². The van der Waals surface area contributed by atoms with Crippen LogP contribution in [0.5, 0.6) is 0 Å². The molecule has 0 spiro atoms. The molecule has 0 amide bonds. The molecule has 4 heteroatoms. The van der Waals surface area contributed by atoms with Crippen LogP contribution in [-0.2, 0) is 19.1 Å². The molecule has 5 atom stereocenters. The Hall–Kier alpha value is -1.97. The van der Waals surface area contributed by atoms with E-state index in [4.69, 9.17) is 4.74 Å². The van der Waals surface area contributed by atoms with Crippen molar-refractivity contribution in [2.75, 3.05) is 0 Å². The van der Waals surface area contributed by atoms with Crippen LogP contribution >= 0.6 is 0 Å². The van der Waals surface area contributed by atoms with Crippen molar-refractivity contribution in [2.45, 2.75) is 85.0 Å². The minimum atomic E-state index is -0.277. The molecule has 3 saturated carbocycles. The van der Waals surface area contributed by atoms with Gasteiger partial charge in [-0.3, -0.25) is 14.4 Å². The van der Waals surface area contributed by atoms with E-state index in [0.29, 0.717) is 24.2 Å². The molecule has 0 aromatic rings.